The Bertz CT molecular complexity index is 552. The van der Waals surface area contributed by atoms with Crippen LogP contribution >= 0.6 is 43.5 Å². The smallest absolute Gasteiger partial charge is 0.119 e. The fourth-order valence-corrected chi connectivity index (χ4v) is 3.40. The van der Waals surface area contributed by atoms with Crippen molar-refractivity contribution < 1.29 is 4.74 Å². The van der Waals surface area contributed by atoms with Crippen LogP contribution in [0.15, 0.2) is 46.9 Å². The van der Waals surface area contributed by atoms with Crippen molar-refractivity contribution in [1.82, 2.24) is 0 Å². The van der Waals surface area contributed by atoms with Crippen LogP contribution in [0, 0.1) is 0 Å². The summed E-state index contributed by atoms with van der Waals surface area (Å²) in [4.78, 5) is 0.217. The molecule has 0 aliphatic carbocycles. The lowest BCUT2D eigenvalue weighted by atomic mass is 10.0. The molecular weight excluding hydrogens is 391 g/mol. The van der Waals surface area contributed by atoms with Crippen LogP contribution in [0.25, 0.3) is 0 Å². The zero-order chi connectivity index (χ0) is 13.8. The molecule has 0 amide bonds. The van der Waals surface area contributed by atoms with Crippen molar-refractivity contribution in [3.63, 3.8) is 0 Å². The minimum absolute atomic E-state index is 0.217. The number of ether oxygens (including phenoxy) is 1. The Morgan fingerprint density at radius 1 is 1.21 bits per heavy atom. The second-order valence-corrected chi connectivity index (χ2v) is 6.68. The number of benzene rings is 2. The van der Waals surface area contributed by atoms with Gasteiger partial charge >= 0.3 is 0 Å². The Kier molecular flexibility index (Phi) is 5.31. The summed E-state index contributed by atoms with van der Waals surface area (Å²) < 4.78 is 6.23. The Balaban J connectivity index is 2.17. The second kappa shape index (κ2) is 6.78. The highest BCUT2D eigenvalue weighted by molar-refractivity contribution is 9.10. The Hall–Kier alpha value is -0.510. The molecule has 1 nitrogen and oxygen atoms in total. The molecule has 0 aromatic heterocycles. The van der Waals surface area contributed by atoms with Crippen LogP contribution in [-0.4, -0.2) is 7.11 Å². The summed E-state index contributed by atoms with van der Waals surface area (Å²) in [7, 11) is 1.68. The van der Waals surface area contributed by atoms with Gasteiger partial charge < -0.3 is 4.74 Å². The molecule has 2 aromatic carbocycles. The number of hydrogen-bond donors (Lipinski definition) is 0. The van der Waals surface area contributed by atoms with Crippen molar-refractivity contribution >= 4 is 43.5 Å². The fourth-order valence-electron chi connectivity index (χ4n) is 1.88. The van der Waals surface area contributed by atoms with Crippen LogP contribution < -0.4 is 4.74 Å². The van der Waals surface area contributed by atoms with Gasteiger partial charge in [-0.15, -0.1) is 0 Å². The molecule has 0 aliphatic rings. The van der Waals surface area contributed by atoms with Gasteiger partial charge in [-0.05, 0) is 47.9 Å². The number of hydrogen-bond acceptors (Lipinski definition) is 1. The van der Waals surface area contributed by atoms with Crippen molar-refractivity contribution in [2.24, 2.45) is 0 Å². The predicted molar refractivity (Wildman–Crippen MR) is 87.5 cm³/mol. The molecule has 0 N–H and O–H groups in total. The summed E-state index contributed by atoms with van der Waals surface area (Å²) in [6.45, 7) is 0. The van der Waals surface area contributed by atoms with Crippen LogP contribution in [0.3, 0.4) is 0 Å². The van der Waals surface area contributed by atoms with E-state index in [1.807, 2.05) is 30.3 Å². The summed E-state index contributed by atoms with van der Waals surface area (Å²) >= 11 is 13.3. The van der Waals surface area contributed by atoms with Gasteiger partial charge in [0.1, 0.15) is 5.75 Å². The van der Waals surface area contributed by atoms with E-state index in [1.165, 1.54) is 5.56 Å². The van der Waals surface area contributed by atoms with Crippen LogP contribution in [0.1, 0.15) is 16.0 Å². The maximum atomic E-state index is 6.07. The fraction of sp³-hybridized carbons (Fsp3) is 0.200. The van der Waals surface area contributed by atoms with E-state index in [0.29, 0.717) is 0 Å². The third-order valence-electron chi connectivity index (χ3n) is 2.80. The van der Waals surface area contributed by atoms with Gasteiger partial charge in [0.2, 0.25) is 0 Å². The third-order valence-corrected chi connectivity index (χ3v) is 4.32. The van der Waals surface area contributed by atoms with E-state index in [9.17, 15) is 0 Å². The first-order valence-electron chi connectivity index (χ1n) is 5.81. The van der Waals surface area contributed by atoms with E-state index in [1.54, 1.807) is 7.11 Å². The molecule has 0 saturated heterocycles. The summed E-state index contributed by atoms with van der Waals surface area (Å²) in [6.07, 6.45) is 0.879. The van der Waals surface area contributed by atoms with Crippen LogP contribution in [0.5, 0.6) is 5.75 Å². The van der Waals surface area contributed by atoms with Gasteiger partial charge in [-0.25, -0.2) is 0 Å². The molecule has 0 saturated carbocycles. The monoisotopic (exact) mass is 402 g/mol. The molecule has 2 aromatic rings. The number of halogens is 3. The van der Waals surface area contributed by atoms with E-state index in [0.717, 1.165) is 27.2 Å². The van der Waals surface area contributed by atoms with Gasteiger partial charge in [-0.3, -0.25) is 0 Å². The van der Waals surface area contributed by atoms with E-state index in [2.05, 4.69) is 44.0 Å². The molecule has 0 bridgehead atoms. The Morgan fingerprint density at radius 3 is 2.68 bits per heavy atom. The lowest BCUT2D eigenvalue weighted by Gasteiger charge is -2.12. The van der Waals surface area contributed by atoms with E-state index >= 15 is 0 Å². The van der Waals surface area contributed by atoms with E-state index in [-0.39, 0.29) is 4.83 Å². The number of rotatable bonds is 4. The normalized spacial score (nSPS) is 12.2. The number of methoxy groups -OCH3 is 1. The summed E-state index contributed by atoms with van der Waals surface area (Å²) in [5, 5.41) is 0.736. The predicted octanol–water partition coefficient (Wildman–Crippen LogP) is 5.79. The SMILES string of the molecule is COc1cccc(CC(Br)c2cc(Cl)cc(Br)c2)c1. The first-order valence-corrected chi connectivity index (χ1v) is 7.90. The van der Waals surface area contributed by atoms with E-state index in [4.69, 9.17) is 16.3 Å². The molecule has 4 heteroatoms. The van der Waals surface area contributed by atoms with Gasteiger partial charge in [0.25, 0.3) is 0 Å². The molecule has 1 unspecified atom stereocenters. The van der Waals surface area contributed by atoms with Gasteiger partial charge in [0.05, 0.1) is 7.11 Å². The average Bonchev–Trinajstić information content (AvgIpc) is 2.37. The summed E-state index contributed by atoms with van der Waals surface area (Å²) in [6, 6.07) is 14.0. The molecule has 0 fully saturated rings. The molecule has 0 heterocycles. The van der Waals surface area contributed by atoms with Crippen LogP contribution in [0.4, 0.5) is 0 Å². The highest BCUT2D eigenvalue weighted by atomic mass is 79.9. The first-order chi connectivity index (χ1) is 9.08. The Labute approximate surface area is 135 Å². The van der Waals surface area contributed by atoms with Crippen LogP contribution in [-0.2, 0) is 6.42 Å². The summed E-state index contributed by atoms with van der Waals surface area (Å²) in [5.41, 5.74) is 2.37. The minimum Gasteiger partial charge on any atom is -0.497 e. The largest absolute Gasteiger partial charge is 0.497 e. The molecule has 1 atom stereocenters. The molecular formula is C15H13Br2ClO. The van der Waals surface area contributed by atoms with Crippen molar-refractivity contribution in [3.05, 3.63) is 63.1 Å². The van der Waals surface area contributed by atoms with Crippen molar-refractivity contribution in [2.45, 2.75) is 11.2 Å². The molecule has 19 heavy (non-hydrogen) atoms. The lowest BCUT2D eigenvalue weighted by molar-refractivity contribution is 0.414. The quantitative estimate of drug-likeness (QED) is 0.586. The lowest BCUT2D eigenvalue weighted by Crippen LogP contribution is -1.96. The van der Waals surface area contributed by atoms with Gasteiger partial charge in [0.15, 0.2) is 0 Å². The molecule has 0 spiro atoms. The van der Waals surface area contributed by atoms with E-state index < -0.39 is 0 Å². The maximum absolute atomic E-state index is 6.07. The van der Waals surface area contributed by atoms with Gasteiger partial charge in [0, 0.05) is 14.3 Å². The molecule has 100 valence electrons. The zero-order valence-corrected chi connectivity index (χ0v) is 14.3. The standard InChI is InChI=1S/C15H13Br2ClO/c1-19-14-4-2-3-10(5-14)6-15(17)11-7-12(16)9-13(18)8-11/h2-5,7-9,15H,6H2,1H3. The van der Waals surface area contributed by atoms with Crippen molar-refractivity contribution in [1.29, 1.82) is 0 Å². The molecule has 2 rings (SSSR count). The molecule has 0 aliphatic heterocycles. The second-order valence-electron chi connectivity index (χ2n) is 4.23. The number of alkyl halides is 1. The van der Waals surface area contributed by atoms with Gasteiger partial charge in [-0.1, -0.05) is 55.6 Å². The Morgan fingerprint density at radius 2 is 2.00 bits per heavy atom. The van der Waals surface area contributed by atoms with Gasteiger partial charge in [-0.2, -0.15) is 0 Å². The highest BCUT2D eigenvalue weighted by Crippen LogP contribution is 2.32. The highest BCUT2D eigenvalue weighted by Gasteiger charge is 2.10. The van der Waals surface area contributed by atoms with Crippen molar-refractivity contribution in [2.75, 3.05) is 7.11 Å². The topological polar surface area (TPSA) is 9.23 Å². The molecule has 0 radical (unpaired) electrons. The summed E-state index contributed by atoms with van der Waals surface area (Å²) in [5.74, 6) is 0.879. The minimum atomic E-state index is 0.217. The zero-order valence-electron chi connectivity index (χ0n) is 10.4. The average molecular weight is 405 g/mol. The first kappa shape index (κ1) is 14.9. The maximum Gasteiger partial charge on any atom is 0.119 e. The van der Waals surface area contributed by atoms with Crippen molar-refractivity contribution in [3.8, 4) is 5.75 Å². The third kappa shape index (κ3) is 4.23. The van der Waals surface area contributed by atoms with Crippen LogP contribution in [0.2, 0.25) is 5.02 Å².